The minimum Gasteiger partial charge on any atom is -0.0683 e. The number of rotatable bonds is 1. The molecule has 2 atom stereocenters. The molecule has 0 N–H and O–H groups in total. The normalized spacial score (nSPS) is 29.5. The lowest BCUT2D eigenvalue weighted by atomic mass is 9.85. The summed E-state index contributed by atoms with van der Waals surface area (Å²) in [6.45, 7) is 8.76. The van der Waals surface area contributed by atoms with Crippen LogP contribution in [0.5, 0.6) is 0 Å². The van der Waals surface area contributed by atoms with Crippen LogP contribution in [0.15, 0.2) is 0 Å². The highest BCUT2D eigenvalue weighted by molar-refractivity contribution is 4.65. The van der Waals surface area contributed by atoms with E-state index < -0.39 is 0 Å². The van der Waals surface area contributed by atoms with Crippen LogP contribution in [0, 0.1) is 11.8 Å². The highest BCUT2D eigenvalue weighted by Crippen LogP contribution is 2.27. The first-order valence-corrected chi connectivity index (χ1v) is 6.33. The van der Waals surface area contributed by atoms with E-state index >= 15 is 0 Å². The quantitative estimate of drug-likeness (QED) is 0.536. The van der Waals surface area contributed by atoms with Gasteiger partial charge in [-0.2, -0.15) is 0 Å². The fourth-order valence-corrected chi connectivity index (χ4v) is 2.14. The molecule has 13 heavy (non-hydrogen) atoms. The zero-order valence-electron chi connectivity index (χ0n) is 10.1. The topological polar surface area (TPSA) is 0 Å². The van der Waals surface area contributed by atoms with E-state index in [0.717, 1.165) is 11.8 Å². The molecule has 0 aromatic carbocycles. The molecular weight excluding hydrogens is 156 g/mol. The maximum absolute atomic E-state index is 2.41. The van der Waals surface area contributed by atoms with Gasteiger partial charge < -0.3 is 0 Å². The van der Waals surface area contributed by atoms with Crippen molar-refractivity contribution in [2.24, 2.45) is 11.8 Å². The van der Waals surface area contributed by atoms with Crippen LogP contribution in [0.1, 0.15) is 72.6 Å². The van der Waals surface area contributed by atoms with E-state index in [2.05, 4.69) is 13.8 Å². The van der Waals surface area contributed by atoms with E-state index in [9.17, 15) is 0 Å². The number of hydrogen-bond donors (Lipinski definition) is 0. The first kappa shape index (κ1) is 13.0. The Balaban J connectivity index is 0.000000671. The Kier molecular flexibility index (Phi) is 8.59. The summed E-state index contributed by atoms with van der Waals surface area (Å²) in [6, 6.07) is 0. The minimum atomic E-state index is 1.00. The molecule has 0 nitrogen and oxygen atoms in total. The third-order valence-electron chi connectivity index (χ3n) is 3.20. The Hall–Kier alpha value is 0. The molecule has 0 spiro atoms. The van der Waals surface area contributed by atoms with E-state index in [1.807, 2.05) is 13.8 Å². The van der Waals surface area contributed by atoms with Crippen LogP contribution in [0.25, 0.3) is 0 Å². The van der Waals surface area contributed by atoms with Crippen LogP contribution in [0.2, 0.25) is 0 Å². The minimum absolute atomic E-state index is 1.00. The summed E-state index contributed by atoms with van der Waals surface area (Å²) in [5.74, 6) is 2.06. The summed E-state index contributed by atoms with van der Waals surface area (Å²) in [4.78, 5) is 0. The van der Waals surface area contributed by atoms with Crippen molar-refractivity contribution in [1.29, 1.82) is 0 Å². The molecular formula is C13H28. The Bertz CT molecular complexity index is 96.2. The van der Waals surface area contributed by atoms with Crippen molar-refractivity contribution in [3.05, 3.63) is 0 Å². The van der Waals surface area contributed by atoms with Crippen molar-refractivity contribution in [3.63, 3.8) is 0 Å². The molecule has 1 rings (SSSR count). The van der Waals surface area contributed by atoms with Gasteiger partial charge >= 0.3 is 0 Å². The van der Waals surface area contributed by atoms with Crippen LogP contribution in [0.4, 0.5) is 0 Å². The van der Waals surface area contributed by atoms with Crippen LogP contribution >= 0.6 is 0 Å². The molecule has 1 aliphatic carbocycles. The third-order valence-corrected chi connectivity index (χ3v) is 3.20. The van der Waals surface area contributed by atoms with Crippen LogP contribution in [-0.4, -0.2) is 0 Å². The fourth-order valence-electron chi connectivity index (χ4n) is 2.14. The Morgan fingerprint density at radius 3 is 2.15 bits per heavy atom. The third kappa shape index (κ3) is 6.12. The van der Waals surface area contributed by atoms with E-state index in [4.69, 9.17) is 0 Å². The van der Waals surface area contributed by atoms with Crippen molar-refractivity contribution in [2.75, 3.05) is 0 Å². The van der Waals surface area contributed by atoms with Gasteiger partial charge in [-0.15, -0.1) is 0 Å². The second-order valence-corrected chi connectivity index (χ2v) is 4.24. The molecule has 0 radical (unpaired) electrons. The lowest BCUT2D eigenvalue weighted by molar-refractivity contribution is 0.320. The molecule has 0 heterocycles. The molecule has 0 aromatic heterocycles. The molecule has 0 bridgehead atoms. The highest BCUT2D eigenvalue weighted by Gasteiger charge is 2.12. The van der Waals surface area contributed by atoms with Gasteiger partial charge in [-0.1, -0.05) is 72.6 Å². The van der Waals surface area contributed by atoms with Crippen molar-refractivity contribution < 1.29 is 0 Å². The van der Waals surface area contributed by atoms with Crippen molar-refractivity contribution in [2.45, 2.75) is 72.6 Å². The van der Waals surface area contributed by atoms with E-state index in [1.165, 1.54) is 44.9 Å². The van der Waals surface area contributed by atoms with Gasteiger partial charge in [-0.05, 0) is 11.8 Å². The van der Waals surface area contributed by atoms with Gasteiger partial charge in [0.15, 0.2) is 0 Å². The zero-order valence-corrected chi connectivity index (χ0v) is 10.1. The lowest BCUT2D eigenvalue weighted by Crippen LogP contribution is -2.06. The molecule has 0 amide bonds. The first-order chi connectivity index (χ1) is 6.33. The zero-order chi connectivity index (χ0) is 10.1. The van der Waals surface area contributed by atoms with Gasteiger partial charge in [0.2, 0.25) is 0 Å². The maximum atomic E-state index is 2.41. The summed E-state index contributed by atoms with van der Waals surface area (Å²) in [6.07, 6.45) is 10.4. The van der Waals surface area contributed by atoms with Gasteiger partial charge in [0.1, 0.15) is 0 Å². The van der Waals surface area contributed by atoms with Crippen molar-refractivity contribution in [1.82, 2.24) is 0 Å². The van der Waals surface area contributed by atoms with Gasteiger partial charge in [-0.3, -0.25) is 0 Å². The molecule has 80 valence electrons. The average Bonchev–Trinajstić information content (AvgIpc) is 2.16. The number of hydrogen-bond acceptors (Lipinski definition) is 0. The summed E-state index contributed by atoms with van der Waals surface area (Å²) >= 11 is 0. The Morgan fingerprint density at radius 1 is 0.923 bits per heavy atom. The summed E-state index contributed by atoms with van der Waals surface area (Å²) in [5, 5.41) is 0. The summed E-state index contributed by atoms with van der Waals surface area (Å²) in [5.41, 5.74) is 0. The predicted molar refractivity (Wildman–Crippen MR) is 62.0 cm³/mol. The fraction of sp³-hybridized carbons (Fsp3) is 1.00. The molecule has 0 saturated heterocycles. The second-order valence-electron chi connectivity index (χ2n) is 4.24. The van der Waals surface area contributed by atoms with E-state index in [-0.39, 0.29) is 0 Å². The average molecular weight is 184 g/mol. The molecule has 1 saturated carbocycles. The molecule has 2 unspecified atom stereocenters. The SMILES string of the molecule is CC.CCC1CCCCC(C)CC1. The van der Waals surface area contributed by atoms with Crippen LogP contribution < -0.4 is 0 Å². The van der Waals surface area contributed by atoms with Gasteiger partial charge in [-0.25, -0.2) is 0 Å². The largest absolute Gasteiger partial charge is 0.0683 e. The molecule has 1 fully saturated rings. The molecule has 0 aliphatic heterocycles. The van der Waals surface area contributed by atoms with E-state index in [1.54, 1.807) is 0 Å². The van der Waals surface area contributed by atoms with E-state index in [0.29, 0.717) is 0 Å². The standard InChI is InChI=1S/C11H22.C2H6/c1-3-11-7-5-4-6-10(2)8-9-11;1-2/h10-11H,3-9H2,1-2H3;1-2H3. The molecule has 0 heteroatoms. The first-order valence-electron chi connectivity index (χ1n) is 6.33. The van der Waals surface area contributed by atoms with Gasteiger partial charge in [0.05, 0.1) is 0 Å². The monoisotopic (exact) mass is 184 g/mol. The molecule has 0 aromatic rings. The maximum Gasteiger partial charge on any atom is -0.0417 e. The van der Waals surface area contributed by atoms with Crippen molar-refractivity contribution >= 4 is 0 Å². The predicted octanol–water partition coefficient (Wildman–Crippen LogP) is 5.03. The Morgan fingerprint density at radius 2 is 1.54 bits per heavy atom. The van der Waals surface area contributed by atoms with Crippen LogP contribution in [-0.2, 0) is 0 Å². The Labute approximate surface area is 85.1 Å². The highest BCUT2D eigenvalue weighted by atomic mass is 14.2. The second kappa shape index (κ2) is 8.59. The lowest BCUT2D eigenvalue weighted by Gasteiger charge is -2.21. The van der Waals surface area contributed by atoms with Crippen molar-refractivity contribution in [3.8, 4) is 0 Å². The van der Waals surface area contributed by atoms with Crippen LogP contribution in [0.3, 0.4) is 0 Å². The molecule has 1 aliphatic rings. The van der Waals surface area contributed by atoms with Gasteiger partial charge in [0.25, 0.3) is 0 Å². The van der Waals surface area contributed by atoms with Gasteiger partial charge in [0, 0.05) is 0 Å². The smallest absolute Gasteiger partial charge is 0.0417 e. The summed E-state index contributed by atoms with van der Waals surface area (Å²) < 4.78 is 0. The summed E-state index contributed by atoms with van der Waals surface area (Å²) in [7, 11) is 0.